The fourth-order valence-electron chi connectivity index (χ4n) is 3.03. The quantitative estimate of drug-likeness (QED) is 0.772. The van der Waals surface area contributed by atoms with Gasteiger partial charge in [-0.15, -0.1) is 0 Å². The molecule has 3 heterocycles. The van der Waals surface area contributed by atoms with Gasteiger partial charge in [-0.2, -0.15) is 5.10 Å². The van der Waals surface area contributed by atoms with Crippen molar-refractivity contribution in [1.82, 2.24) is 24.7 Å². The smallest absolute Gasteiger partial charge is 0.142 e. The highest BCUT2D eigenvalue weighted by Crippen LogP contribution is 2.28. The van der Waals surface area contributed by atoms with Crippen molar-refractivity contribution in [2.45, 2.75) is 38.3 Å². The second-order valence-electron chi connectivity index (χ2n) is 5.54. The third-order valence-electron chi connectivity index (χ3n) is 4.15. The van der Waals surface area contributed by atoms with E-state index in [-0.39, 0.29) is 0 Å². The number of anilines is 1. The zero-order chi connectivity index (χ0) is 14.1. The van der Waals surface area contributed by atoms with Crippen LogP contribution in [0.2, 0.25) is 0 Å². The largest absolute Gasteiger partial charge is 0.364 e. The van der Waals surface area contributed by atoms with Gasteiger partial charge in [-0.25, -0.2) is 9.97 Å². The molecule has 0 bridgehead atoms. The Bertz CT molecular complexity index is 737. The second kappa shape index (κ2) is 5.20. The standard InChI is InChI=1S/C15H18N6/c1-2-4-12(3-1)21-8-6-11(20-21)9-17-15-13-5-7-16-14(13)18-10-19-15/h5-8,10,12H,1-4,9H2,(H2,16,17,18,19). The molecular weight excluding hydrogens is 264 g/mol. The van der Waals surface area contributed by atoms with Crippen LogP contribution in [0.5, 0.6) is 0 Å². The summed E-state index contributed by atoms with van der Waals surface area (Å²) in [5.41, 5.74) is 1.90. The summed E-state index contributed by atoms with van der Waals surface area (Å²) in [6, 6.07) is 4.66. The Balaban J connectivity index is 1.48. The van der Waals surface area contributed by atoms with Crippen LogP contribution in [-0.2, 0) is 6.54 Å². The van der Waals surface area contributed by atoms with Gasteiger partial charge in [-0.3, -0.25) is 4.68 Å². The van der Waals surface area contributed by atoms with Gasteiger partial charge >= 0.3 is 0 Å². The zero-order valence-electron chi connectivity index (χ0n) is 11.8. The summed E-state index contributed by atoms with van der Waals surface area (Å²) in [4.78, 5) is 11.6. The highest BCUT2D eigenvalue weighted by Gasteiger charge is 2.17. The first-order valence-corrected chi connectivity index (χ1v) is 7.46. The Morgan fingerprint density at radius 3 is 3.05 bits per heavy atom. The number of fused-ring (bicyclic) bond motifs is 1. The van der Waals surface area contributed by atoms with Crippen LogP contribution in [0.15, 0.2) is 30.9 Å². The number of hydrogen-bond acceptors (Lipinski definition) is 4. The monoisotopic (exact) mass is 282 g/mol. The lowest BCUT2D eigenvalue weighted by Gasteiger charge is -2.09. The molecule has 6 nitrogen and oxygen atoms in total. The fourth-order valence-corrected chi connectivity index (χ4v) is 3.03. The number of hydrogen-bond donors (Lipinski definition) is 2. The maximum atomic E-state index is 4.68. The molecule has 1 saturated carbocycles. The van der Waals surface area contributed by atoms with E-state index in [9.17, 15) is 0 Å². The van der Waals surface area contributed by atoms with Gasteiger partial charge in [0.1, 0.15) is 17.8 Å². The minimum absolute atomic E-state index is 0.592. The lowest BCUT2D eigenvalue weighted by atomic mass is 10.3. The van der Waals surface area contributed by atoms with Crippen molar-refractivity contribution in [2.75, 3.05) is 5.32 Å². The molecule has 3 aromatic rings. The Morgan fingerprint density at radius 2 is 2.14 bits per heavy atom. The number of H-pyrrole nitrogens is 1. The summed E-state index contributed by atoms with van der Waals surface area (Å²) in [5, 5.41) is 9.03. The predicted octanol–water partition coefficient (Wildman–Crippen LogP) is 2.88. The highest BCUT2D eigenvalue weighted by molar-refractivity contribution is 5.86. The number of aromatic nitrogens is 5. The number of nitrogens with one attached hydrogen (secondary N) is 2. The first-order chi connectivity index (χ1) is 10.4. The van der Waals surface area contributed by atoms with E-state index in [2.05, 4.69) is 42.3 Å². The molecule has 4 rings (SSSR count). The van der Waals surface area contributed by atoms with Gasteiger partial charge in [-0.1, -0.05) is 12.8 Å². The lowest BCUT2D eigenvalue weighted by molar-refractivity contribution is 0.463. The van der Waals surface area contributed by atoms with Gasteiger partial charge in [0, 0.05) is 12.4 Å². The Labute approximate surface area is 122 Å². The molecule has 21 heavy (non-hydrogen) atoms. The van der Waals surface area contributed by atoms with E-state index in [0.717, 1.165) is 22.5 Å². The molecule has 0 saturated heterocycles. The summed E-state index contributed by atoms with van der Waals surface area (Å²) in [6.45, 7) is 0.678. The number of nitrogens with zero attached hydrogens (tertiary/aromatic N) is 4. The van der Waals surface area contributed by atoms with Crippen molar-refractivity contribution in [3.8, 4) is 0 Å². The van der Waals surface area contributed by atoms with Crippen LogP contribution in [0, 0.1) is 0 Å². The summed E-state index contributed by atoms with van der Waals surface area (Å²) >= 11 is 0. The Hall–Kier alpha value is -2.37. The van der Waals surface area contributed by atoms with Crippen molar-refractivity contribution in [3.05, 3.63) is 36.5 Å². The molecule has 0 amide bonds. The molecule has 0 aliphatic heterocycles. The first-order valence-electron chi connectivity index (χ1n) is 7.46. The third kappa shape index (κ3) is 2.37. The van der Waals surface area contributed by atoms with Crippen LogP contribution < -0.4 is 5.32 Å². The van der Waals surface area contributed by atoms with Crippen LogP contribution in [0.25, 0.3) is 11.0 Å². The summed E-state index contributed by atoms with van der Waals surface area (Å²) in [7, 11) is 0. The van der Waals surface area contributed by atoms with E-state index in [4.69, 9.17) is 0 Å². The molecule has 1 aliphatic carbocycles. The van der Waals surface area contributed by atoms with Gasteiger partial charge in [0.15, 0.2) is 0 Å². The molecule has 1 aliphatic rings. The third-order valence-corrected chi connectivity index (χ3v) is 4.15. The van der Waals surface area contributed by atoms with Crippen LogP contribution >= 0.6 is 0 Å². The maximum Gasteiger partial charge on any atom is 0.142 e. The molecular formula is C15H18N6. The molecule has 0 atom stereocenters. The molecule has 6 heteroatoms. The zero-order valence-corrected chi connectivity index (χ0v) is 11.8. The van der Waals surface area contributed by atoms with E-state index >= 15 is 0 Å². The topological polar surface area (TPSA) is 71.4 Å². The minimum atomic E-state index is 0.592. The second-order valence-corrected chi connectivity index (χ2v) is 5.54. The van der Waals surface area contributed by atoms with Gasteiger partial charge in [-0.05, 0) is 25.0 Å². The highest BCUT2D eigenvalue weighted by atomic mass is 15.3. The maximum absolute atomic E-state index is 4.68. The van der Waals surface area contributed by atoms with Gasteiger partial charge in [0.2, 0.25) is 0 Å². The molecule has 108 valence electrons. The molecule has 1 fully saturated rings. The molecule has 0 radical (unpaired) electrons. The van der Waals surface area contributed by atoms with E-state index in [1.807, 2.05) is 12.3 Å². The van der Waals surface area contributed by atoms with E-state index in [1.165, 1.54) is 25.7 Å². The van der Waals surface area contributed by atoms with Crippen LogP contribution in [0.1, 0.15) is 37.4 Å². The average molecular weight is 282 g/mol. The van der Waals surface area contributed by atoms with Gasteiger partial charge in [0.05, 0.1) is 23.7 Å². The summed E-state index contributed by atoms with van der Waals surface area (Å²) in [5.74, 6) is 0.844. The van der Waals surface area contributed by atoms with Gasteiger partial charge < -0.3 is 10.3 Å². The molecule has 0 unspecified atom stereocenters. The number of aromatic amines is 1. The summed E-state index contributed by atoms with van der Waals surface area (Å²) < 4.78 is 2.12. The van der Waals surface area contributed by atoms with Crippen LogP contribution in [0.4, 0.5) is 5.82 Å². The van der Waals surface area contributed by atoms with Crippen molar-refractivity contribution in [2.24, 2.45) is 0 Å². The van der Waals surface area contributed by atoms with Crippen LogP contribution in [0.3, 0.4) is 0 Å². The Morgan fingerprint density at radius 1 is 1.24 bits per heavy atom. The average Bonchev–Trinajstić information content (AvgIpc) is 3.23. The number of rotatable bonds is 4. The van der Waals surface area contributed by atoms with Crippen molar-refractivity contribution in [1.29, 1.82) is 0 Å². The lowest BCUT2D eigenvalue weighted by Crippen LogP contribution is -2.07. The molecule has 2 N–H and O–H groups in total. The molecule has 3 aromatic heterocycles. The SMILES string of the molecule is c1nc(NCc2ccn(C3CCCC3)n2)c2cc[nH]c2n1. The van der Waals surface area contributed by atoms with Gasteiger partial charge in [0.25, 0.3) is 0 Å². The van der Waals surface area contributed by atoms with Crippen molar-refractivity contribution < 1.29 is 0 Å². The van der Waals surface area contributed by atoms with E-state index < -0.39 is 0 Å². The molecule has 0 spiro atoms. The van der Waals surface area contributed by atoms with Crippen molar-refractivity contribution in [3.63, 3.8) is 0 Å². The van der Waals surface area contributed by atoms with Crippen molar-refractivity contribution >= 4 is 16.9 Å². The minimum Gasteiger partial charge on any atom is -0.364 e. The van der Waals surface area contributed by atoms with E-state index in [1.54, 1.807) is 6.33 Å². The van der Waals surface area contributed by atoms with Crippen LogP contribution in [-0.4, -0.2) is 24.7 Å². The predicted molar refractivity (Wildman–Crippen MR) is 80.9 cm³/mol. The Kier molecular flexibility index (Phi) is 3.06. The fraction of sp³-hybridized carbons (Fsp3) is 0.400. The van der Waals surface area contributed by atoms with E-state index in [0.29, 0.717) is 12.6 Å². The normalized spacial score (nSPS) is 15.8. The first kappa shape index (κ1) is 12.4. The summed E-state index contributed by atoms with van der Waals surface area (Å²) in [6.07, 6.45) is 10.7. The molecule has 0 aromatic carbocycles.